The highest BCUT2D eigenvalue weighted by atomic mass is 16.5. The first-order chi connectivity index (χ1) is 8.84. The Balaban J connectivity index is 2.45. The van der Waals surface area contributed by atoms with E-state index in [0.29, 0.717) is 6.54 Å². The fourth-order valence-electron chi connectivity index (χ4n) is 2.15. The SMILES string of the molecule is CC(C)N(CCC(=O)O)C(=O)NCC1(C)CCCO1. The molecule has 0 aliphatic carbocycles. The number of hydrogen-bond donors (Lipinski definition) is 2. The van der Waals surface area contributed by atoms with Crippen molar-refractivity contribution in [2.24, 2.45) is 0 Å². The number of nitrogens with one attached hydrogen (secondary N) is 1. The number of nitrogens with zero attached hydrogens (tertiary/aromatic N) is 1. The van der Waals surface area contributed by atoms with Gasteiger partial charge < -0.3 is 20.1 Å². The number of carboxylic acids is 1. The summed E-state index contributed by atoms with van der Waals surface area (Å²) in [4.78, 5) is 24.2. The summed E-state index contributed by atoms with van der Waals surface area (Å²) in [5.74, 6) is -0.899. The first kappa shape index (κ1) is 15.8. The molecular weight excluding hydrogens is 248 g/mol. The number of urea groups is 1. The van der Waals surface area contributed by atoms with Gasteiger partial charge in [-0.3, -0.25) is 4.79 Å². The molecule has 1 atom stereocenters. The molecule has 0 aromatic carbocycles. The van der Waals surface area contributed by atoms with Gasteiger partial charge >= 0.3 is 12.0 Å². The predicted octanol–water partition coefficient (Wildman–Crippen LogP) is 1.45. The van der Waals surface area contributed by atoms with E-state index in [9.17, 15) is 9.59 Å². The molecule has 1 fully saturated rings. The van der Waals surface area contributed by atoms with E-state index in [1.54, 1.807) is 0 Å². The second kappa shape index (κ2) is 6.75. The summed E-state index contributed by atoms with van der Waals surface area (Å²) in [6.45, 7) is 7.14. The maximum atomic E-state index is 12.1. The standard InChI is InChI=1S/C13H24N2O4/c1-10(2)15(7-5-11(16)17)12(18)14-9-13(3)6-4-8-19-13/h10H,4-9H2,1-3H3,(H,14,18)(H,16,17). The fraction of sp³-hybridized carbons (Fsp3) is 0.846. The Labute approximate surface area is 114 Å². The zero-order valence-corrected chi connectivity index (χ0v) is 11.9. The Bertz CT molecular complexity index is 325. The van der Waals surface area contributed by atoms with Crippen molar-refractivity contribution in [3.8, 4) is 0 Å². The van der Waals surface area contributed by atoms with Gasteiger partial charge in [0.05, 0.1) is 12.0 Å². The van der Waals surface area contributed by atoms with Crippen LogP contribution in [0.5, 0.6) is 0 Å². The largest absolute Gasteiger partial charge is 0.481 e. The summed E-state index contributed by atoms with van der Waals surface area (Å²) in [5.41, 5.74) is -0.287. The lowest BCUT2D eigenvalue weighted by atomic mass is 10.0. The van der Waals surface area contributed by atoms with Crippen molar-refractivity contribution < 1.29 is 19.4 Å². The molecule has 6 heteroatoms. The molecule has 0 radical (unpaired) electrons. The Morgan fingerprint density at radius 1 is 1.47 bits per heavy atom. The lowest BCUT2D eigenvalue weighted by Crippen LogP contribution is -2.49. The third-order valence-corrected chi connectivity index (χ3v) is 3.36. The van der Waals surface area contributed by atoms with Crippen LogP contribution in [0, 0.1) is 0 Å². The number of carbonyl (C=O) groups is 2. The minimum absolute atomic E-state index is 0.0309. The monoisotopic (exact) mass is 272 g/mol. The van der Waals surface area contributed by atoms with E-state index in [-0.39, 0.29) is 30.6 Å². The molecule has 0 aromatic heterocycles. The highest BCUT2D eigenvalue weighted by molar-refractivity contribution is 5.75. The summed E-state index contributed by atoms with van der Waals surface area (Å²) >= 11 is 0. The van der Waals surface area contributed by atoms with Crippen LogP contribution in [-0.4, -0.2) is 53.3 Å². The normalized spacial score (nSPS) is 22.5. The van der Waals surface area contributed by atoms with Crippen molar-refractivity contribution in [3.05, 3.63) is 0 Å². The highest BCUT2D eigenvalue weighted by Crippen LogP contribution is 2.23. The highest BCUT2D eigenvalue weighted by Gasteiger charge is 2.31. The number of carbonyl (C=O) groups excluding carboxylic acids is 1. The van der Waals surface area contributed by atoms with Crippen molar-refractivity contribution in [2.45, 2.75) is 51.7 Å². The van der Waals surface area contributed by atoms with Crippen molar-refractivity contribution in [1.29, 1.82) is 0 Å². The molecule has 1 heterocycles. The van der Waals surface area contributed by atoms with Crippen LogP contribution < -0.4 is 5.32 Å². The maximum Gasteiger partial charge on any atom is 0.317 e. The average Bonchev–Trinajstić information content (AvgIpc) is 2.73. The molecular formula is C13H24N2O4. The van der Waals surface area contributed by atoms with Crippen LogP contribution >= 0.6 is 0 Å². The van der Waals surface area contributed by atoms with Gasteiger partial charge in [0.15, 0.2) is 0 Å². The third kappa shape index (κ3) is 5.06. The zero-order chi connectivity index (χ0) is 14.5. The van der Waals surface area contributed by atoms with E-state index >= 15 is 0 Å². The van der Waals surface area contributed by atoms with Crippen LogP contribution in [0.3, 0.4) is 0 Å². The van der Waals surface area contributed by atoms with E-state index in [2.05, 4.69) is 5.32 Å². The minimum atomic E-state index is -0.899. The smallest absolute Gasteiger partial charge is 0.317 e. The van der Waals surface area contributed by atoms with E-state index in [1.807, 2.05) is 20.8 Å². The van der Waals surface area contributed by atoms with Gasteiger partial charge in [0.25, 0.3) is 0 Å². The van der Waals surface area contributed by atoms with Crippen LogP contribution in [0.1, 0.15) is 40.0 Å². The van der Waals surface area contributed by atoms with Gasteiger partial charge in [-0.15, -0.1) is 0 Å². The molecule has 0 spiro atoms. The van der Waals surface area contributed by atoms with Crippen LogP contribution in [0.4, 0.5) is 4.79 Å². The quantitative estimate of drug-likeness (QED) is 0.767. The van der Waals surface area contributed by atoms with E-state index in [1.165, 1.54) is 4.90 Å². The summed E-state index contributed by atoms with van der Waals surface area (Å²) in [7, 11) is 0. The van der Waals surface area contributed by atoms with Crippen molar-refractivity contribution >= 4 is 12.0 Å². The molecule has 0 saturated carbocycles. The maximum absolute atomic E-state index is 12.1. The molecule has 1 aliphatic rings. The third-order valence-electron chi connectivity index (χ3n) is 3.36. The molecule has 1 saturated heterocycles. The molecule has 0 bridgehead atoms. The zero-order valence-electron chi connectivity index (χ0n) is 11.9. The fourth-order valence-corrected chi connectivity index (χ4v) is 2.15. The summed E-state index contributed by atoms with van der Waals surface area (Å²) < 4.78 is 5.60. The summed E-state index contributed by atoms with van der Waals surface area (Å²) in [6, 6.07) is -0.260. The van der Waals surface area contributed by atoms with Gasteiger partial charge in [0, 0.05) is 25.7 Å². The van der Waals surface area contributed by atoms with Crippen LogP contribution in [0.2, 0.25) is 0 Å². The van der Waals surface area contributed by atoms with Gasteiger partial charge in [-0.2, -0.15) is 0 Å². The van der Waals surface area contributed by atoms with Crippen LogP contribution in [0.25, 0.3) is 0 Å². The molecule has 110 valence electrons. The second-order valence-corrected chi connectivity index (χ2v) is 5.49. The molecule has 1 unspecified atom stereocenters. The van der Waals surface area contributed by atoms with Crippen molar-refractivity contribution in [2.75, 3.05) is 19.7 Å². The van der Waals surface area contributed by atoms with Gasteiger partial charge in [0.1, 0.15) is 0 Å². The molecule has 1 rings (SSSR count). The van der Waals surface area contributed by atoms with Gasteiger partial charge in [-0.1, -0.05) is 0 Å². The molecule has 19 heavy (non-hydrogen) atoms. The van der Waals surface area contributed by atoms with Crippen LogP contribution in [0.15, 0.2) is 0 Å². The molecule has 6 nitrogen and oxygen atoms in total. The number of carboxylic acid groups (broad SMARTS) is 1. The van der Waals surface area contributed by atoms with E-state index < -0.39 is 5.97 Å². The first-order valence-corrected chi connectivity index (χ1v) is 6.74. The molecule has 2 N–H and O–H groups in total. The lowest BCUT2D eigenvalue weighted by molar-refractivity contribution is -0.137. The molecule has 2 amide bonds. The predicted molar refractivity (Wildman–Crippen MR) is 71.1 cm³/mol. The lowest BCUT2D eigenvalue weighted by Gasteiger charge is -2.29. The number of rotatable bonds is 6. The Morgan fingerprint density at radius 2 is 2.16 bits per heavy atom. The molecule has 1 aliphatic heterocycles. The van der Waals surface area contributed by atoms with Gasteiger partial charge in [0.2, 0.25) is 0 Å². The number of ether oxygens (including phenoxy) is 1. The Morgan fingerprint density at radius 3 is 2.63 bits per heavy atom. The number of aliphatic carboxylic acids is 1. The molecule has 0 aromatic rings. The Kier molecular flexibility index (Phi) is 5.60. The minimum Gasteiger partial charge on any atom is -0.481 e. The van der Waals surface area contributed by atoms with E-state index in [0.717, 1.165) is 19.4 Å². The number of hydrogen-bond acceptors (Lipinski definition) is 3. The first-order valence-electron chi connectivity index (χ1n) is 6.74. The van der Waals surface area contributed by atoms with E-state index in [4.69, 9.17) is 9.84 Å². The van der Waals surface area contributed by atoms with Gasteiger partial charge in [-0.25, -0.2) is 4.79 Å². The average molecular weight is 272 g/mol. The Hall–Kier alpha value is -1.30. The van der Waals surface area contributed by atoms with Crippen LogP contribution in [-0.2, 0) is 9.53 Å². The van der Waals surface area contributed by atoms with Crippen molar-refractivity contribution in [3.63, 3.8) is 0 Å². The second-order valence-electron chi connectivity index (χ2n) is 5.49. The topological polar surface area (TPSA) is 78.9 Å². The summed E-state index contributed by atoms with van der Waals surface area (Å²) in [6.07, 6.45) is 1.91. The number of amides is 2. The summed E-state index contributed by atoms with van der Waals surface area (Å²) in [5, 5.41) is 11.5. The van der Waals surface area contributed by atoms with Crippen molar-refractivity contribution in [1.82, 2.24) is 10.2 Å². The van der Waals surface area contributed by atoms with Gasteiger partial charge in [-0.05, 0) is 33.6 Å².